The Morgan fingerprint density at radius 3 is 2.45 bits per heavy atom. The Kier molecular flexibility index (Phi) is 7.57. The number of ether oxygens (including phenoxy) is 2. The zero-order chi connectivity index (χ0) is 22.4. The van der Waals surface area contributed by atoms with E-state index in [9.17, 15) is 4.79 Å². The van der Waals surface area contributed by atoms with Gasteiger partial charge in [0, 0.05) is 27.8 Å². The first-order valence-corrected chi connectivity index (χ1v) is 10.1. The lowest BCUT2D eigenvalue weighted by Crippen LogP contribution is -2.32. The normalized spacial score (nSPS) is 10.7. The van der Waals surface area contributed by atoms with Crippen molar-refractivity contribution in [3.8, 4) is 22.8 Å². The maximum Gasteiger partial charge on any atom is 0.250 e. The molecule has 0 spiro atoms. The standard InChI is InChI=1S/C22H18Cl2N2O4S/c1-28-17-4-7-20(29-2)18(12-17)25-22(31)26-21(27)8-5-16-3-6-19(30-16)13-9-14(23)11-15(24)10-13/h3-12H,1-2H3,(H2,25,26,27,31)/b8-5+. The van der Waals surface area contributed by atoms with Crippen molar-refractivity contribution in [1.82, 2.24) is 5.32 Å². The smallest absolute Gasteiger partial charge is 0.250 e. The molecule has 0 atom stereocenters. The Morgan fingerprint density at radius 2 is 1.77 bits per heavy atom. The molecule has 0 aliphatic carbocycles. The fourth-order valence-electron chi connectivity index (χ4n) is 2.67. The molecule has 1 amide bonds. The summed E-state index contributed by atoms with van der Waals surface area (Å²) in [6.45, 7) is 0. The first kappa shape index (κ1) is 22.7. The van der Waals surface area contributed by atoms with E-state index >= 15 is 0 Å². The Labute approximate surface area is 194 Å². The van der Waals surface area contributed by atoms with Crippen molar-refractivity contribution in [2.75, 3.05) is 19.5 Å². The number of rotatable bonds is 6. The van der Waals surface area contributed by atoms with E-state index in [1.54, 1.807) is 55.6 Å². The zero-order valence-electron chi connectivity index (χ0n) is 16.6. The van der Waals surface area contributed by atoms with Gasteiger partial charge in [-0.15, -0.1) is 0 Å². The summed E-state index contributed by atoms with van der Waals surface area (Å²) in [6, 6.07) is 13.8. The Morgan fingerprint density at radius 1 is 1.03 bits per heavy atom. The van der Waals surface area contributed by atoms with Crippen molar-refractivity contribution in [3.63, 3.8) is 0 Å². The van der Waals surface area contributed by atoms with Crippen LogP contribution in [0.2, 0.25) is 10.0 Å². The maximum absolute atomic E-state index is 12.2. The summed E-state index contributed by atoms with van der Waals surface area (Å²) >= 11 is 17.3. The van der Waals surface area contributed by atoms with Gasteiger partial charge in [-0.05, 0) is 60.8 Å². The zero-order valence-corrected chi connectivity index (χ0v) is 18.9. The van der Waals surface area contributed by atoms with Crippen LogP contribution in [-0.2, 0) is 4.79 Å². The summed E-state index contributed by atoms with van der Waals surface area (Å²) in [5.74, 6) is 1.80. The number of anilines is 1. The monoisotopic (exact) mass is 476 g/mol. The molecule has 0 radical (unpaired) electrons. The molecule has 0 saturated heterocycles. The van der Waals surface area contributed by atoms with Gasteiger partial charge in [0.2, 0.25) is 5.91 Å². The summed E-state index contributed by atoms with van der Waals surface area (Å²) in [5, 5.41) is 6.59. The van der Waals surface area contributed by atoms with E-state index in [1.807, 2.05) is 0 Å². The van der Waals surface area contributed by atoms with E-state index in [0.717, 1.165) is 5.56 Å². The highest BCUT2D eigenvalue weighted by molar-refractivity contribution is 7.80. The molecule has 6 nitrogen and oxygen atoms in total. The SMILES string of the molecule is COc1ccc(OC)c(NC(=S)NC(=O)/C=C/c2ccc(-c3cc(Cl)cc(Cl)c3)o2)c1. The van der Waals surface area contributed by atoms with Crippen LogP contribution < -0.4 is 20.1 Å². The van der Waals surface area contributed by atoms with E-state index < -0.39 is 5.91 Å². The van der Waals surface area contributed by atoms with Gasteiger partial charge in [0.25, 0.3) is 0 Å². The maximum atomic E-state index is 12.2. The molecule has 0 unspecified atom stereocenters. The fraction of sp³-hybridized carbons (Fsp3) is 0.0909. The van der Waals surface area contributed by atoms with Crippen LogP contribution in [0.1, 0.15) is 5.76 Å². The lowest BCUT2D eigenvalue weighted by Gasteiger charge is -2.13. The number of thiocarbonyl (C=S) groups is 1. The van der Waals surface area contributed by atoms with E-state index in [4.69, 9.17) is 49.3 Å². The average molecular weight is 477 g/mol. The summed E-state index contributed by atoms with van der Waals surface area (Å²) in [6.07, 6.45) is 2.84. The van der Waals surface area contributed by atoms with Crippen molar-refractivity contribution in [1.29, 1.82) is 0 Å². The minimum absolute atomic E-state index is 0.106. The number of nitrogens with one attached hydrogen (secondary N) is 2. The van der Waals surface area contributed by atoms with Crippen LogP contribution in [0.3, 0.4) is 0 Å². The van der Waals surface area contributed by atoms with Crippen molar-refractivity contribution < 1.29 is 18.7 Å². The van der Waals surface area contributed by atoms with Crippen molar-refractivity contribution in [2.45, 2.75) is 0 Å². The molecule has 0 aliphatic rings. The Balaban J connectivity index is 1.62. The molecule has 3 rings (SSSR count). The van der Waals surface area contributed by atoms with E-state index in [1.165, 1.54) is 19.3 Å². The third kappa shape index (κ3) is 6.24. The van der Waals surface area contributed by atoms with Crippen LogP contribution in [0.15, 0.2) is 59.0 Å². The van der Waals surface area contributed by atoms with Crippen molar-refractivity contribution in [3.05, 3.63) is 70.4 Å². The molecule has 160 valence electrons. The molecule has 0 bridgehead atoms. The predicted octanol–water partition coefficient (Wildman–Crippen LogP) is 5.80. The van der Waals surface area contributed by atoms with Gasteiger partial charge in [0.05, 0.1) is 19.9 Å². The number of hydrogen-bond acceptors (Lipinski definition) is 5. The fourth-order valence-corrected chi connectivity index (χ4v) is 3.41. The quantitative estimate of drug-likeness (QED) is 0.346. The summed E-state index contributed by atoms with van der Waals surface area (Å²) in [7, 11) is 3.09. The highest BCUT2D eigenvalue weighted by Crippen LogP contribution is 2.30. The lowest BCUT2D eigenvalue weighted by molar-refractivity contribution is -0.115. The van der Waals surface area contributed by atoms with Crippen LogP contribution in [0.25, 0.3) is 17.4 Å². The number of methoxy groups -OCH3 is 2. The molecule has 2 aromatic carbocycles. The lowest BCUT2D eigenvalue weighted by atomic mass is 10.2. The molecule has 31 heavy (non-hydrogen) atoms. The molecule has 0 aliphatic heterocycles. The first-order chi connectivity index (χ1) is 14.9. The van der Waals surface area contributed by atoms with E-state index in [0.29, 0.717) is 38.8 Å². The number of carbonyl (C=O) groups excluding carboxylic acids is 1. The van der Waals surface area contributed by atoms with Gasteiger partial charge in [0.1, 0.15) is 23.0 Å². The molecular weight excluding hydrogens is 459 g/mol. The molecule has 2 N–H and O–H groups in total. The number of amides is 1. The number of furan rings is 1. The summed E-state index contributed by atoms with van der Waals surface area (Å²) in [4.78, 5) is 12.2. The van der Waals surface area contributed by atoms with Crippen LogP contribution in [0.4, 0.5) is 5.69 Å². The third-order valence-corrected chi connectivity index (χ3v) is 4.70. The van der Waals surface area contributed by atoms with Gasteiger partial charge in [0.15, 0.2) is 5.11 Å². The number of carbonyl (C=O) groups is 1. The van der Waals surface area contributed by atoms with Gasteiger partial charge < -0.3 is 19.2 Å². The predicted molar refractivity (Wildman–Crippen MR) is 127 cm³/mol. The van der Waals surface area contributed by atoms with Gasteiger partial charge >= 0.3 is 0 Å². The molecule has 0 fully saturated rings. The van der Waals surface area contributed by atoms with Crippen LogP contribution in [0.5, 0.6) is 11.5 Å². The van der Waals surface area contributed by atoms with Gasteiger partial charge in [-0.2, -0.15) is 0 Å². The number of benzene rings is 2. The topological polar surface area (TPSA) is 72.7 Å². The molecule has 3 aromatic rings. The van der Waals surface area contributed by atoms with Crippen molar-refractivity contribution in [2.24, 2.45) is 0 Å². The van der Waals surface area contributed by atoms with Crippen LogP contribution in [-0.4, -0.2) is 25.2 Å². The highest BCUT2D eigenvalue weighted by atomic mass is 35.5. The summed E-state index contributed by atoms with van der Waals surface area (Å²) < 4.78 is 16.2. The van der Waals surface area contributed by atoms with Gasteiger partial charge in [-0.25, -0.2) is 0 Å². The van der Waals surface area contributed by atoms with Crippen molar-refractivity contribution >= 4 is 58.2 Å². The van der Waals surface area contributed by atoms with E-state index in [2.05, 4.69) is 10.6 Å². The largest absolute Gasteiger partial charge is 0.497 e. The van der Waals surface area contributed by atoms with Gasteiger partial charge in [-0.3, -0.25) is 10.1 Å². The molecule has 1 aromatic heterocycles. The minimum Gasteiger partial charge on any atom is -0.497 e. The summed E-state index contributed by atoms with van der Waals surface area (Å²) in [5.41, 5.74) is 1.30. The number of halogens is 2. The second-order valence-corrected chi connectivity index (χ2v) is 7.48. The Bertz CT molecular complexity index is 1120. The first-order valence-electron chi connectivity index (χ1n) is 8.96. The van der Waals surface area contributed by atoms with E-state index in [-0.39, 0.29) is 5.11 Å². The molecule has 0 saturated carbocycles. The van der Waals surface area contributed by atoms with Crippen LogP contribution in [0, 0.1) is 0 Å². The van der Waals surface area contributed by atoms with Gasteiger partial charge in [-0.1, -0.05) is 23.2 Å². The highest BCUT2D eigenvalue weighted by Gasteiger charge is 2.09. The third-order valence-electron chi connectivity index (χ3n) is 4.06. The Hall–Kier alpha value is -3.00. The molecule has 9 heteroatoms. The molecular formula is C22H18Cl2N2O4S. The second-order valence-electron chi connectivity index (χ2n) is 6.20. The van der Waals surface area contributed by atoms with Crippen LogP contribution >= 0.6 is 35.4 Å². The molecule has 1 heterocycles. The number of hydrogen-bond donors (Lipinski definition) is 2. The average Bonchev–Trinajstić information content (AvgIpc) is 3.20. The second kappa shape index (κ2) is 10.3. The minimum atomic E-state index is -0.428.